The summed E-state index contributed by atoms with van der Waals surface area (Å²) >= 11 is 0. The average Bonchev–Trinajstić information content (AvgIpc) is 3.58. The number of hydrogen-bond acceptors (Lipinski definition) is 6. The number of nitrogens with one attached hydrogen (secondary N) is 4. The number of rotatable bonds is 14. The lowest BCUT2D eigenvalue weighted by Gasteiger charge is -2.38. The molecule has 12 heteroatoms. The fourth-order valence-corrected chi connectivity index (χ4v) is 6.12. The smallest absolute Gasteiger partial charge is 0.315 e. The molecule has 46 heavy (non-hydrogen) atoms. The lowest BCUT2D eigenvalue weighted by molar-refractivity contribution is -0.144. The summed E-state index contributed by atoms with van der Waals surface area (Å²) in [5.41, 5.74) is -1.07. The number of hydrogen-bond donors (Lipinski definition) is 4. The van der Waals surface area contributed by atoms with Gasteiger partial charge in [-0.15, -0.1) is 6.58 Å². The molecule has 12 nitrogen and oxygen atoms in total. The van der Waals surface area contributed by atoms with Crippen LogP contribution in [0.15, 0.2) is 12.7 Å². The van der Waals surface area contributed by atoms with Crippen molar-refractivity contribution in [3.63, 3.8) is 0 Å². The highest BCUT2D eigenvalue weighted by Crippen LogP contribution is 2.33. The number of Topliss-reactive ketones (excluding diaryl/α,β-unsaturated/α-hetero) is 1. The fraction of sp³-hybridized carbons (Fsp3) is 0.765. The summed E-state index contributed by atoms with van der Waals surface area (Å²) < 4.78 is 0. The minimum atomic E-state index is -1.04. The molecular weight excluding hydrogens is 588 g/mol. The fourth-order valence-electron chi connectivity index (χ4n) is 6.12. The highest BCUT2D eigenvalue weighted by Gasteiger charge is 2.48. The van der Waals surface area contributed by atoms with Gasteiger partial charge in [-0.1, -0.05) is 74.8 Å². The Morgan fingerprint density at radius 2 is 1.63 bits per heavy atom. The van der Waals surface area contributed by atoms with Gasteiger partial charge in [0.15, 0.2) is 0 Å². The molecule has 0 saturated carbocycles. The molecule has 0 aromatic heterocycles. The molecule has 2 fully saturated rings. The van der Waals surface area contributed by atoms with Crippen molar-refractivity contribution in [2.45, 2.75) is 119 Å². The second-order valence-electron chi connectivity index (χ2n) is 15.2. The van der Waals surface area contributed by atoms with Gasteiger partial charge in [-0.25, -0.2) is 4.79 Å². The van der Waals surface area contributed by atoms with Crippen molar-refractivity contribution in [1.82, 2.24) is 31.1 Å². The minimum absolute atomic E-state index is 0.0509. The SMILES string of the molecule is C=CCNC(=O)C(=O)C(CCC)NC(=O)[C@@H]1[C@@H](C(C)C)CCN1C(=O)[C@@H](NC(=O)N[C@H](CN1CCCC1=O)C(C)(C)C)C(C)(C)C. The Labute approximate surface area is 275 Å². The first-order chi connectivity index (χ1) is 21.3. The molecular formula is C34H58N6O6. The van der Waals surface area contributed by atoms with E-state index in [0.717, 1.165) is 6.42 Å². The minimum Gasteiger partial charge on any atom is -0.346 e. The Balaban J connectivity index is 2.31. The second kappa shape index (κ2) is 16.4. The number of likely N-dealkylation sites (tertiary alicyclic amines) is 2. The number of amides is 6. The molecule has 0 radical (unpaired) electrons. The van der Waals surface area contributed by atoms with Crippen molar-refractivity contribution in [2.24, 2.45) is 22.7 Å². The predicted molar refractivity (Wildman–Crippen MR) is 177 cm³/mol. The first-order valence-electron chi connectivity index (χ1n) is 16.7. The molecule has 2 rings (SSSR count). The maximum Gasteiger partial charge on any atom is 0.315 e. The van der Waals surface area contributed by atoms with Crippen molar-refractivity contribution >= 4 is 35.4 Å². The number of carbonyl (C=O) groups excluding carboxylic acids is 6. The van der Waals surface area contributed by atoms with Crippen LogP contribution in [-0.2, 0) is 24.0 Å². The molecule has 1 unspecified atom stereocenters. The van der Waals surface area contributed by atoms with Crippen LogP contribution in [0.2, 0.25) is 0 Å². The van der Waals surface area contributed by atoms with Crippen molar-refractivity contribution < 1.29 is 28.8 Å². The van der Waals surface area contributed by atoms with E-state index in [9.17, 15) is 28.8 Å². The molecule has 0 aromatic carbocycles. The van der Waals surface area contributed by atoms with Crippen LogP contribution < -0.4 is 21.3 Å². The van der Waals surface area contributed by atoms with E-state index in [1.54, 1.807) is 4.90 Å². The normalized spacial score (nSPS) is 20.6. The first-order valence-corrected chi connectivity index (χ1v) is 16.7. The molecule has 0 bridgehead atoms. The Morgan fingerprint density at radius 1 is 0.978 bits per heavy atom. The average molecular weight is 647 g/mol. The molecule has 0 aliphatic carbocycles. The molecule has 260 valence electrons. The van der Waals surface area contributed by atoms with Gasteiger partial charge in [0.25, 0.3) is 5.91 Å². The Bertz CT molecular complexity index is 1140. The summed E-state index contributed by atoms with van der Waals surface area (Å²) in [6, 6.07) is -3.78. The number of nitrogens with zero attached hydrogens (tertiary/aromatic N) is 2. The van der Waals surface area contributed by atoms with E-state index in [0.29, 0.717) is 38.9 Å². The number of carbonyl (C=O) groups is 6. The third kappa shape index (κ3) is 10.3. The molecule has 4 N–H and O–H groups in total. The molecule has 2 saturated heterocycles. The van der Waals surface area contributed by atoms with E-state index in [4.69, 9.17) is 0 Å². The van der Waals surface area contributed by atoms with Gasteiger partial charge in [0.05, 0.1) is 12.1 Å². The lowest BCUT2D eigenvalue weighted by Crippen LogP contribution is -2.62. The van der Waals surface area contributed by atoms with Crippen LogP contribution in [0, 0.1) is 22.7 Å². The quantitative estimate of drug-likeness (QED) is 0.168. The topological polar surface area (TPSA) is 157 Å². The van der Waals surface area contributed by atoms with Gasteiger partial charge in [0, 0.05) is 32.6 Å². The molecule has 0 aromatic rings. The largest absolute Gasteiger partial charge is 0.346 e. The zero-order valence-corrected chi connectivity index (χ0v) is 29.5. The lowest BCUT2D eigenvalue weighted by atomic mass is 9.84. The van der Waals surface area contributed by atoms with E-state index >= 15 is 0 Å². The van der Waals surface area contributed by atoms with E-state index in [-0.39, 0.29) is 42.2 Å². The molecule has 5 atom stereocenters. The number of urea groups is 1. The summed E-state index contributed by atoms with van der Waals surface area (Å²) in [4.78, 5) is 82.7. The second-order valence-corrected chi connectivity index (χ2v) is 15.2. The molecule has 0 spiro atoms. The Morgan fingerprint density at radius 3 is 2.13 bits per heavy atom. The zero-order chi connectivity index (χ0) is 35.0. The summed E-state index contributed by atoms with van der Waals surface area (Å²) in [7, 11) is 0. The maximum absolute atomic E-state index is 14.3. The van der Waals surface area contributed by atoms with Crippen molar-refractivity contribution in [2.75, 3.05) is 26.2 Å². The molecule has 2 heterocycles. The zero-order valence-electron chi connectivity index (χ0n) is 29.5. The first kappa shape index (κ1) is 38.7. The van der Waals surface area contributed by atoms with Crippen molar-refractivity contribution in [1.29, 1.82) is 0 Å². The van der Waals surface area contributed by atoms with E-state index in [2.05, 4.69) is 27.8 Å². The van der Waals surface area contributed by atoms with Gasteiger partial charge >= 0.3 is 6.03 Å². The van der Waals surface area contributed by atoms with Gasteiger partial charge < -0.3 is 31.1 Å². The Kier molecular flexibility index (Phi) is 13.8. The molecule has 2 aliphatic heterocycles. The highest BCUT2D eigenvalue weighted by atomic mass is 16.2. The Hall–Kier alpha value is -3.44. The van der Waals surface area contributed by atoms with Crippen LogP contribution in [0.1, 0.15) is 94.4 Å². The third-order valence-corrected chi connectivity index (χ3v) is 9.01. The summed E-state index contributed by atoms with van der Waals surface area (Å²) in [6.07, 6.45) is 4.16. The number of ketones is 1. The van der Waals surface area contributed by atoms with E-state index in [1.165, 1.54) is 11.0 Å². The van der Waals surface area contributed by atoms with Crippen LogP contribution in [0.4, 0.5) is 4.79 Å². The molecule has 6 amide bonds. The highest BCUT2D eigenvalue weighted by molar-refractivity contribution is 6.38. The van der Waals surface area contributed by atoms with Crippen LogP contribution >= 0.6 is 0 Å². The van der Waals surface area contributed by atoms with Crippen LogP contribution in [-0.4, -0.2) is 95.6 Å². The third-order valence-electron chi connectivity index (χ3n) is 9.01. The predicted octanol–water partition coefficient (Wildman–Crippen LogP) is 2.77. The summed E-state index contributed by atoms with van der Waals surface area (Å²) in [5, 5.41) is 11.2. The van der Waals surface area contributed by atoms with Gasteiger partial charge in [0.2, 0.25) is 23.5 Å². The van der Waals surface area contributed by atoms with Crippen LogP contribution in [0.25, 0.3) is 0 Å². The van der Waals surface area contributed by atoms with Gasteiger partial charge in [-0.2, -0.15) is 0 Å². The maximum atomic E-state index is 14.3. The van der Waals surface area contributed by atoms with Crippen LogP contribution in [0.5, 0.6) is 0 Å². The standard InChI is InChI=1S/C34H58N6O6/c1-11-14-23(27(42)30(44)35-17-12-2)36-29(43)26-22(21(3)4)16-19-40(26)31(45)28(34(8,9)10)38-32(46)37-24(33(5,6)7)20-39-18-13-15-25(39)41/h12,21-24,26,28H,2,11,13-20H2,1,3-10H3,(H,35,44)(H,36,43)(H2,37,38,46)/t22-,23?,24-,26+,28-/m1/s1. The monoisotopic (exact) mass is 646 g/mol. The summed E-state index contributed by atoms with van der Waals surface area (Å²) in [5.74, 6) is -2.50. The van der Waals surface area contributed by atoms with E-state index < -0.39 is 53.1 Å². The van der Waals surface area contributed by atoms with E-state index in [1.807, 2.05) is 62.3 Å². The van der Waals surface area contributed by atoms with Crippen LogP contribution in [0.3, 0.4) is 0 Å². The van der Waals surface area contributed by atoms with Gasteiger partial charge in [0.1, 0.15) is 12.1 Å². The van der Waals surface area contributed by atoms with Gasteiger partial charge in [-0.05, 0) is 41.9 Å². The van der Waals surface area contributed by atoms with Crippen molar-refractivity contribution in [3.05, 3.63) is 12.7 Å². The van der Waals surface area contributed by atoms with Crippen molar-refractivity contribution in [3.8, 4) is 0 Å². The summed E-state index contributed by atoms with van der Waals surface area (Å²) in [6.45, 7) is 22.3. The van der Waals surface area contributed by atoms with Gasteiger partial charge in [-0.3, -0.25) is 24.0 Å². The molecule has 2 aliphatic rings.